The average molecular weight is 213 g/mol. The van der Waals surface area contributed by atoms with Crippen molar-refractivity contribution in [2.75, 3.05) is 0 Å². The molecular weight excluding hydrogens is 198 g/mol. The third-order valence-corrected chi connectivity index (χ3v) is 2.51. The Morgan fingerprint density at radius 3 is 2.88 bits per heavy atom. The van der Waals surface area contributed by atoms with Crippen molar-refractivity contribution in [1.29, 1.82) is 0 Å². The molecule has 2 heteroatoms. The lowest BCUT2D eigenvalue weighted by atomic mass is 9.99. The normalized spacial score (nSPS) is 16.0. The molecule has 0 spiro atoms. The third-order valence-electron chi connectivity index (χ3n) is 2.51. The highest BCUT2D eigenvalue weighted by Crippen LogP contribution is 2.30. The number of allylic oxidation sites excluding steroid dienone is 4. The number of aryl methyl sites for hydroxylation is 1. The smallest absolute Gasteiger partial charge is 0.127 e. The molecule has 16 heavy (non-hydrogen) atoms. The molecule has 0 bridgehead atoms. The van der Waals surface area contributed by atoms with E-state index in [1.54, 1.807) is 6.26 Å². The van der Waals surface area contributed by atoms with Crippen molar-refractivity contribution in [1.82, 2.24) is 4.98 Å². The zero-order chi connectivity index (χ0) is 11.5. The molecule has 2 rings (SSSR count). The van der Waals surface area contributed by atoms with Gasteiger partial charge in [-0.05, 0) is 31.6 Å². The molecule has 2 heterocycles. The first-order valence-corrected chi connectivity index (χ1v) is 5.27. The van der Waals surface area contributed by atoms with Crippen LogP contribution in [0, 0.1) is 6.92 Å². The van der Waals surface area contributed by atoms with E-state index in [9.17, 15) is 0 Å². The van der Waals surface area contributed by atoms with E-state index < -0.39 is 0 Å². The number of aromatic amines is 1. The van der Waals surface area contributed by atoms with E-state index in [0.29, 0.717) is 5.76 Å². The first kappa shape index (κ1) is 10.6. The van der Waals surface area contributed by atoms with Crippen molar-refractivity contribution in [3.05, 3.63) is 65.9 Å². The molecule has 1 aliphatic rings. The average Bonchev–Trinajstić information content (AvgIpc) is 2.68. The van der Waals surface area contributed by atoms with Crippen LogP contribution in [0.5, 0.6) is 0 Å². The van der Waals surface area contributed by atoms with Crippen molar-refractivity contribution in [2.24, 2.45) is 0 Å². The lowest BCUT2D eigenvalue weighted by Crippen LogP contribution is -1.97. The van der Waals surface area contributed by atoms with E-state index in [-0.39, 0.29) is 0 Å². The third kappa shape index (κ3) is 1.87. The molecule has 0 saturated carbocycles. The first-order chi connectivity index (χ1) is 7.72. The molecule has 0 fully saturated rings. The molecule has 0 aliphatic carbocycles. The summed E-state index contributed by atoms with van der Waals surface area (Å²) < 4.78 is 5.31. The summed E-state index contributed by atoms with van der Waals surface area (Å²) in [5.74, 6) is 0.689. The van der Waals surface area contributed by atoms with Gasteiger partial charge in [0.1, 0.15) is 5.76 Å². The number of aromatic nitrogens is 1. The standard InChI is InChI=1S/C14H15NO/c1-4-5-13-11(3)16-7-6-14(13)12-8-10(2)15-9-12/h4-9,15H,3H2,1-2H3/b5-4-. The Labute approximate surface area is 95.6 Å². The summed E-state index contributed by atoms with van der Waals surface area (Å²) >= 11 is 0. The summed E-state index contributed by atoms with van der Waals surface area (Å²) in [5, 5.41) is 0. The predicted octanol–water partition coefficient (Wildman–Crippen LogP) is 3.71. The van der Waals surface area contributed by atoms with Gasteiger partial charge in [-0.1, -0.05) is 18.7 Å². The summed E-state index contributed by atoms with van der Waals surface area (Å²) in [7, 11) is 0. The number of hydrogen-bond donors (Lipinski definition) is 1. The monoisotopic (exact) mass is 213 g/mol. The zero-order valence-electron chi connectivity index (χ0n) is 9.58. The topological polar surface area (TPSA) is 25.0 Å². The minimum Gasteiger partial charge on any atom is -0.465 e. The molecule has 0 saturated heterocycles. The van der Waals surface area contributed by atoms with Crippen LogP contribution in [-0.2, 0) is 4.74 Å². The van der Waals surface area contributed by atoms with Crippen LogP contribution < -0.4 is 0 Å². The van der Waals surface area contributed by atoms with Crippen LogP contribution in [0.1, 0.15) is 18.2 Å². The molecule has 82 valence electrons. The van der Waals surface area contributed by atoms with Gasteiger partial charge in [0.25, 0.3) is 0 Å². The van der Waals surface area contributed by atoms with Gasteiger partial charge in [0, 0.05) is 23.0 Å². The Hall–Kier alpha value is -1.96. The van der Waals surface area contributed by atoms with Gasteiger partial charge in [0.2, 0.25) is 0 Å². The highest BCUT2D eigenvalue weighted by atomic mass is 16.5. The largest absolute Gasteiger partial charge is 0.465 e. The summed E-state index contributed by atoms with van der Waals surface area (Å²) in [6, 6.07) is 2.11. The number of nitrogens with one attached hydrogen (secondary N) is 1. The minimum atomic E-state index is 0.689. The fourth-order valence-corrected chi connectivity index (χ4v) is 1.75. The predicted molar refractivity (Wildman–Crippen MR) is 66.6 cm³/mol. The van der Waals surface area contributed by atoms with Crippen LogP contribution in [0.2, 0.25) is 0 Å². The number of hydrogen-bond acceptors (Lipinski definition) is 1. The lowest BCUT2D eigenvalue weighted by molar-refractivity contribution is 0.363. The second-order valence-corrected chi connectivity index (χ2v) is 3.74. The maximum Gasteiger partial charge on any atom is 0.127 e. The van der Waals surface area contributed by atoms with Crippen molar-refractivity contribution >= 4 is 5.57 Å². The summed E-state index contributed by atoms with van der Waals surface area (Å²) in [6.07, 6.45) is 9.64. The van der Waals surface area contributed by atoms with E-state index >= 15 is 0 Å². The van der Waals surface area contributed by atoms with Crippen molar-refractivity contribution in [2.45, 2.75) is 13.8 Å². The minimum absolute atomic E-state index is 0.689. The van der Waals surface area contributed by atoms with Crippen LogP contribution in [0.3, 0.4) is 0 Å². The molecule has 0 aromatic carbocycles. The highest BCUT2D eigenvalue weighted by molar-refractivity contribution is 5.82. The Kier molecular flexibility index (Phi) is 2.82. The number of rotatable bonds is 2. The van der Waals surface area contributed by atoms with Gasteiger partial charge in [-0.15, -0.1) is 0 Å². The second-order valence-electron chi connectivity index (χ2n) is 3.74. The van der Waals surface area contributed by atoms with E-state index in [1.165, 1.54) is 0 Å². The molecule has 2 nitrogen and oxygen atoms in total. The molecule has 1 aromatic heterocycles. The van der Waals surface area contributed by atoms with Gasteiger partial charge in [-0.2, -0.15) is 0 Å². The fourth-order valence-electron chi connectivity index (χ4n) is 1.75. The SMILES string of the molecule is C=C1OC=CC(c2c[nH]c(C)c2)=C1/C=C\C. The molecular formula is C14H15NO. The fraction of sp³-hybridized carbons (Fsp3) is 0.143. The van der Waals surface area contributed by atoms with Crippen LogP contribution in [-0.4, -0.2) is 4.98 Å². The van der Waals surface area contributed by atoms with Gasteiger partial charge in [-0.3, -0.25) is 0 Å². The van der Waals surface area contributed by atoms with Crippen LogP contribution in [0.25, 0.3) is 5.57 Å². The van der Waals surface area contributed by atoms with Crippen molar-refractivity contribution in [3.8, 4) is 0 Å². The van der Waals surface area contributed by atoms with Crippen LogP contribution >= 0.6 is 0 Å². The van der Waals surface area contributed by atoms with E-state index in [2.05, 4.69) is 17.6 Å². The molecule has 0 radical (unpaired) electrons. The Bertz CT molecular complexity index is 501. The molecule has 1 N–H and O–H groups in total. The van der Waals surface area contributed by atoms with Crippen molar-refractivity contribution < 1.29 is 4.74 Å². The van der Waals surface area contributed by atoms with Crippen LogP contribution in [0.15, 0.2) is 54.7 Å². The van der Waals surface area contributed by atoms with Crippen molar-refractivity contribution in [3.63, 3.8) is 0 Å². The van der Waals surface area contributed by atoms with E-state index in [1.807, 2.05) is 38.3 Å². The van der Waals surface area contributed by atoms with E-state index in [4.69, 9.17) is 4.74 Å². The Balaban J connectivity index is 2.53. The molecule has 0 atom stereocenters. The van der Waals surface area contributed by atoms with Gasteiger partial charge in [0.15, 0.2) is 0 Å². The molecule has 1 aliphatic heterocycles. The Morgan fingerprint density at radius 1 is 1.44 bits per heavy atom. The van der Waals surface area contributed by atoms with Gasteiger partial charge < -0.3 is 9.72 Å². The Morgan fingerprint density at radius 2 is 2.25 bits per heavy atom. The molecule has 0 amide bonds. The van der Waals surface area contributed by atoms with Gasteiger partial charge in [0.05, 0.1) is 6.26 Å². The molecule has 1 aromatic rings. The van der Waals surface area contributed by atoms with E-state index in [0.717, 1.165) is 22.4 Å². The summed E-state index contributed by atoms with van der Waals surface area (Å²) in [6.45, 7) is 7.93. The second kappa shape index (κ2) is 4.27. The number of H-pyrrole nitrogens is 1. The molecule has 0 unspecified atom stereocenters. The summed E-state index contributed by atoms with van der Waals surface area (Å²) in [5.41, 5.74) is 4.47. The lowest BCUT2D eigenvalue weighted by Gasteiger charge is -2.15. The summed E-state index contributed by atoms with van der Waals surface area (Å²) in [4.78, 5) is 3.18. The van der Waals surface area contributed by atoms with Crippen LogP contribution in [0.4, 0.5) is 0 Å². The maximum absolute atomic E-state index is 5.31. The maximum atomic E-state index is 5.31. The van der Waals surface area contributed by atoms with Gasteiger partial charge in [-0.25, -0.2) is 0 Å². The first-order valence-electron chi connectivity index (χ1n) is 5.27. The quantitative estimate of drug-likeness (QED) is 0.795. The highest BCUT2D eigenvalue weighted by Gasteiger charge is 2.13. The number of ether oxygens (including phenoxy) is 1. The van der Waals surface area contributed by atoms with Gasteiger partial charge >= 0.3 is 0 Å². The zero-order valence-corrected chi connectivity index (χ0v) is 9.58.